The first kappa shape index (κ1) is 23.8. The molecule has 1 heterocycles. The number of hydrogen-bond acceptors (Lipinski definition) is 9. The predicted octanol–water partition coefficient (Wildman–Crippen LogP) is 3.09. The van der Waals surface area contributed by atoms with Crippen molar-refractivity contribution in [1.29, 1.82) is 0 Å². The van der Waals surface area contributed by atoms with Crippen molar-refractivity contribution in [3.63, 3.8) is 0 Å². The van der Waals surface area contributed by atoms with E-state index in [4.69, 9.17) is 18.9 Å². The second kappa shape index (κ2) is 9.81. The van der Waals surface area contributed by atoms with E-state index < -0.39 is 28.6 Å². The SMILES string of the molecule is CCC/C(=N\NC(=O)OC(C)(C)C)C1(C(=O)OC)OC(C)=C(C(=O)OCC)S1. The number of carbonyl (C=O) groups excluding carboxylic acids is 3. The minimum Gasteiger partial charge on any atom is -0.465 e. The zero-order valence-corrected chi connectivity index (χ0v) is 18.2. The number of amides is 1. The molecular formula is C18H28N2O7S. The van der Waals surface area contributed by atoms with Gasteiger partial charge in [-0.3, -0.25) is 0 Å². The van der Waals surface area contributed by atoms with Crippen LogP contribution in [0.5, 0.6) is 0 Å². The van der Waals surface area contributed by atoms with Crippen molar-refractivity contribution in [2.24, 2.45) is 5.10 Å². The lowest BCUT2D eigenvalue weighted by molar-refractivity contribution is -0.149. The molecule has 1 aliphatic rings. The Morgan fingerprint density at radius 3 is 2.39 bits per heavy atom. The van der Waals surface area contributed by atoms with Crippen LogP contribution in [0.15, 0.2) is 15.8 Å². The van der Waals surface area contributed by atoms with Crippen LogP contribution in [-0.2, 0) is 28.5 Å². The molecule has 0 bridgehead atoms. The van der Waals surface area contributed by atoms with Crippen molar-refractivity contribution >= 4 is 35.5 Å². The van der Waals surface area contributed by atoms with E-state index in [-0.39, 0.29) is 23.0 Å². The van der Waals surface area contributed by atoms with Crippen molar-refractivity contribution in [2.75, 3.05) is 13.7 Å². The van der Waals surface area contributed by atoms with Crippen LogP contribution in [0.25, 0.3) is 0 Å². The number of ether oxygens (including phenoxy) is 4. The average molecular weight is 416 g/mol. The van der Waals surface area contributed by atoms with Gasteiger partial charge in [-0.1, -0.05) is 13.3 Å². The number of nitrogens with one attached hydrogen (secondary N) is 1. The first-order chi connectivity index (χ1) is 13.0. The van der Waals surface area contributed by atoms with E-state index in [1.165, 1.54) is 7.11 Å². The maximum Gasteiger partial charge on any atom is 0.428 e. The lowest BCUT2D eigenvalue weighted by Crippen LogP contribution is -2.46. The van der Waals surface area contributed by atoms with Gasteiger partial charge in [0.1, 0.15) is 22.0 Å². The van der Waals surface area contributed by atoms with E-state index in [1.54, 1.807) is 34.6 Å². The zero-order valence-electron chi connectivity index (χ0n) is 17.3. The lowest BCUT2D eigenvalue weighted by atomic mass is 10.1. The lowest BCUT2D eigenvalue weighted by Gasteiger charge is -2.27. The van der Waals surface area contributed by atoms with Gasteiger partial charge in [0, 0.05) is 0 Å². The molecule has 0 saturated carbocycles. The largest absolute Gasteiger partial charge is 0.465 e. The number of methoxy groups -OCH3 is 1. The molecule has 0 fully saturated rings. The molecule has 10 heteroatoms. The van der Waals surface area contributed by atoms with Crippen molar-refractivity contribution < 1.29 is 33.3 Å². The summed E-state index contributed by atoms with van der Waals surface area (Å²) in [4.78, 5) is 35.2. The molecule has 0 spiro atoms. The molecular weight excluding hydrogens is 388 g/mol. The zero-order chi connectivity index (χ0) is 21.5. The summed E-state index contributed by atoms with van der Waals surface area (Å²) < 4.78 is 20.8. The van der Waals surface area contributed by atoms with Crippen LogP contribution in [0.4, 0.5) is 4.79 Å². The Hall–Kier alpha value is -2.23. The van der Waals surface area contributed by atoms with Crippen molar-refractivity contribution in [3.05, 3.63) is 10.7 Å². The number of hydrogen-bond donors (Lipinski definition) is 1. The third-order valence-corrected chi connectivity index (χ3v) is 4.76. The van der Waals surface area contributed by atoms with E-state index >= 15 is 0 Å². The van der Waals surface area contributed by atoms with Crippen molar-refractivity contribution in [3.8, 4) is 0 Å². The van der Waals surface area contributed by atoms with Gasteiger partial charge in [0.25, 0.3) is 4.93 Å². The van der Waals surface area contributed by atoms with Crippen LogP contribution < -0.4 is 5.43 Å². The van der Waals surface area contributed by atoms with Crippen LogP contribution in [0.1, 0.15) is 54.4 Å². The van der Waals surface area contributed by atoms with Gasteiger partial charge in [0.15, 0.2) is 0 Å². The van der Waals surface area contributed by atoms with Gasteiger partial charge >= 0.3 is 18.0 Å². The molecule has 9 nitrogen and oxygen atoms in total. The monoisotopic (exact) mass is 416 g/mol. The number of nitrogens with zero attached hydrogens (tertiary/aromatic N) is 1. The third-order valence-electron chi connectivity index (χ3n) is 3.33. The van der Waals surface area contributed by atoms with Crippen LogP contribution in [0.3, 0.4) is 0 Å². The molecule has 28 heavy (non-hydrogen) atoms. The minimum absolute atomic E-state index is 0.147. The van der Waals surface area contributed by atoms with E-state index in [2.05, 4.69) is 10.5 Å². The van der Waals surface area contributed by atoms with E-state index in [1.807, 2.05) is 6.92 Å². The fourth-order valence-electron chi connectivity index (χ4n) is 2.28. The number of allylic oxidation sites excluding steroid dienone is 1. The smallest absolute Gasteiger partial charge is 0.428 e. The molecule has 1 rings (SSSR count). The van der Waals surface area contributed by atoms with Gasteiger partial charge in [-0.05, 0) is 52.8 Å². The second-order valence-electron chi connectivity index (χ2n) is 6.84. The second-order valence-corrected chi connectivity index (χ2v) is 8.03. The fourth-order valence-corrected chi connectivity index (χ4v) is 3.49. The highest BCUT2D eigenvalue weighted by Crippen LogP contribution is 2.47. The van der Waals surface area contributed by atoms with Crippen LogP contribution in [0.2, 0.25) is 0 Å². The van der Waals surface area contributed by atoms with Gasteiger partial charge in [0.2, 0.25) is 0 Å². The van der Waals surface area contributed by atoms with Crippen LogP contribution >= 0.6 is 11.8 Å². The third kappa shape index (κ3) is 5.88. The highest BCUT2D eigenvalue weighted by atomic mass is 32.2. The Morgan fingerprint density at radius 2 is 1.89 bits per heavy atom. The molecule has 1 unspecified atom stereocenters. The van der Waals surface area contributed by atoms with Crippen LogP contribution in [-0.4, -0.2) is 48.0 Å². The summed E-state index contributed by atoms with van der Waals surface area (Å²) in [6.07, 6.45) is 0.131. The van der Waals surface area contributed by atoms with E-state index in [9.17, 15) is 14.4 Å². The quantitative estimate of drug-likeness (QED) is 0.292. The summed E-state index contributed by atoms with van der Waals surface area (Å²) >= 11 is 0.845. The fraction of sp³-hybridized carbons (Fsp3) is 0.667. The van der Waals surface area contributed by atoms with Crippen molar-refractivity contribution in [1.82, 2.24) is 5.43 Å². The van der Waals surface area contributed by atoms with Gasteiger partial charge in [-0.2, -0.15) is 5.10 Å². The number of rotatable bonds is 7. The first-order valence-electron chi connectivity index (χ1n) is 8.91. The minimum atomic E-state index is -1.73. The maximum absolute atomic E-state index is 12.6. The summed E-state index contributed by atoms with van der Waals surface area (Å²) in [6.45, 7) is 10.4. The summed E-state index contributed by atoms with van der Waals surface area (Å²) in [6, 6.07) is 0. The number of hydrazone groups is 1. The van der Waals surface area contributed by atoms with E-state index in [0.29, 0.717) is 12.8 Å². The summed E-state index contributed by atoms with van der Waals surface area (Å²) in [7, 11) is 1.20. The van der Waals surface area contributed by atoms with Gasteiger partial charge in [-0.15, -0.1) is 0 Å². The Labute approximate surface area is 169 Å². The topological polar surface area (TPSA) is 113 Å². The Morgan fingerprint density at radius 1 is 1.25 bits per heavy atom. The molecule has 1 atom stereocenters. The normalized spacial score (nSPS) is 19.8. The summed E-state index contributed by atoms with van der Waals surface area (Å²) in [5, 5.41) is 4.06. The molecule has 158 valence electrons. The van der Waals surface area contributed by atoms with E-state index in [0.717, 1.165) is 11.8 Å². The first-order valence-corrected chi connectivity index (χ1v) is 9.72. The van der Waals surface area contributed by atoms with Crippen LogP contribution in [0, 0.1) is 0 Å². The Kier molecular flexibility index (Phi) is 8.34. The number of esters is 2. The predicted molar refractivity (Wildman–Crippen MR) is 104 cm³/mol. The molecule has 1 amide bonds. The average Bonchev–Trinajstić information content (AvgIpc) is 2.95. The molecule has 0 radical (unpaired) electrons. The van der Waals surface area contributed by atoms with Gasteiger partial charge < -0.3 is 18.9 Å². The highest BCUT2D eigenvalue weighted by Gasteiger charge is 2.55. The molecule has 0 saturated heterocycles. The standard InChI is InChI=1S/C18H28N2O7S/c1-8-10-12(19-20-16(23)27-17(4,5)6)18(15(22)24-7)26-11(3)13(28-18)14(21)25-9-2/h8-10H2,1-7H3,(H,20,23)/b19-12+. The Bertz CT molecular complexity index is 682. The summed E-state index contributed by atoms with van der Waals surface area (Å²) in [5.74, 6) is -1.14. The Balaban J connectivity index is 3.22. The highest BCUT2D eigenvalue weighted by molar-refractivity contribution is 8.06. The molecule has 0 aliphatic carbocycles. The number of thioether (sulfide) groups is 1. The molecule has 0 aromatic carbocycles. The van der Waals surface area contributed by atoms with Gasteiger partial charge in [0.05, 0.1) is 13.7 Å². The van der Waals surface area contributed by atoms with Gasteiger partial charge in [-0.25, -0.2) is 19.8 Å². The summed E-state index contributed by atoms with van der Waals surface area (Å²) in [5.41, 5.74) is 1.76. The number of carbonyl (C=O) groups is 3. The maximum atomic E-state index is 12.6. The molecule has 1 N–H and O–H groups in total. The molecule has 1 aliphatic heterocycles. The molecule has 0 aromatic rings. The molecule has 0 aromatic heterocycles. The van der Waals surface area contributed by atoms with Crippen molar-refractivity contribution in [2.45, 2.75) is 64.9 Å².